The third-order valence-corrected chi connectivity index (χ3v) is 5.23. The Morgan fingerprint density at radius 3 is 2.68 bits per heavy atom. The molecule has 1 aliphatic rings. The van der Waals surface area contributed by atoms with E-state index in [0.717, 1.165) is 11.3 Å². The first-order valence-electron chi connectivity index (χ1n) is 7.36. The number of hydrogen-bond donors (Lipinski definition) is 2. The predicted octanol–water partition coefficient (Wildman–Crippen LogP) is 2.19. The standard InChI is InChI=1S/C15H14N4O5S/c1-6(2)15(3)14(22)17-11(18-15)10-8(13(20)21)4-7-9(19(23)24)5-25-12(7)16-10/h4-6H,1-3H3,(H,20,21)(H,17,18,22). The highest BCUT2D eigenvalue weighted by Gasteiger charge is 2.43. The number of rotatable bonds is 4. The van der Waals surface area contributed by atoms with Gasteiger partial charge in [-0.25, -0.2) is 14.8 Å². The molecule has 130 valence electrons. The fourth-order valence-electron chi connectivity index (χ4n) is 2.48. The molecule has 0 spiro atoms. The zero-order chi connectivity index (χ0) is 18.5. The highest BCUT2D eigenvalue weighted by molar-refractivity contribution is 7.17. The zero-order valence-corrected chi connectivity index (χ0v) is 14.4. The third kappa shape index (κ3) is 2.54. The van der Waals surface area contributed by atoms with Gasteiger partial charge in [-0.2, -0.15) is 0 Å². The first kappa shape index (κ1) is 17.0. The third-order valence-electron chi connectivity index (χ3n) is 4.36. The maximum atomic E-state index is 12.3. The number of amidine groups is 1. The lowest BCUT2D eigenvalue weighted by molar-refractivity contribution is -0.382. The van der Waals surface area contributed by atoms with Crippen molar-refractivity contribution < 1.29 is 19.6 Å². The van der Waals surface area contributed by atoms with Crippen molar-refractivity contribution in [2.24, 2.45) is 10.9 Å². The van der Waals surface area contributed by atoms with E-state index in [9.17, 15) is 24.8 Å². The van der Waals surface area contributed by atoms with Gasteiger partial charge in [-0.05, 0) is 18.9 Å². The molecule has 1 amide bonds. The smallest absolute Gasteiger partial charge is 0.338 e. The van der Waals surface area contributed by atoms with Gasteiger partial charge in [0, 0.05) is 0 Å². The molecule has 10 heteroatoms. The Morgan fingerprint density at radius 1 is 1.48 bits per heavy atom. The Bertz CT molecular complexity index is 964. The van der Waals surface area contributed by atoms with Gasteiger partial charge in [0.2, 0.25) is 0 Å². The predicted molar refractivity (Wildman–Crippen MR) is 91.2 cm³/mol. The van der Waals surface area contributed by atoms with E-state index in [-0.39, 0.29) is 40.0 Å². The van der Waals surface area contributed by atoms with Gasteiger partial charge in [0.25, 0.3) is 11.6 Å². The molecule has 0 saturated carbocycles. The van der Waals surface area contributed by atoms with E-state index < -0.39 is 16.4 Å². The van der Waals surface area contributed by atoms with Gasteiger partial charge in [-0.15, -0.1) is 11.3 Å². The van der Waals surface area contributed by atoms with Crippen molar-refractivity contribution in [2.45, 2.75) is 26.3 Å². The number of aliphatic imine (C=N–C) groups is 1. The number of nitrogens with zero attached hydrogens (tertiary/aromatic N) is 3. The molecule has 1 unspecified atom stereocenters. The number of aromatic nitrogens is 1. The van der Waals surface area contributed by atoms with Crippen molar-refractivity contribution >= 4 is 45.0 Å². The summed E-state index contributed by atoms with van der Waals surface area (Å²) in [6, 6.07) is 1.20. The number of carboxylic acids is 1. The topological polar surface area (TPSA) is 135 Å². The van der Waals surface area contributed by atoms with E-state index in [1.165, 1.54) is 11.4 Å². The highest BCUT2D eigenvalue weighted by Crippen LogP contribution is 2.33. The van der Waals surface area contributed by atoms with Gasteiger partial charge in [-0.3, -0.25) is 14.9 Å². The summed E-state index contributed by atoms with van der Waals surface area (Å²) in [4.78, 5) is 43.3. The van der Waals surface area contributed by atoms with Crippen LogP contribution < -0.4 is 5.32 Å². The molecule has 0 saturated heterocycles. The average Bonchev–Trinajstić information content (AvgIpc) is 3.07. The maximum absolute atomic E-state index is 12.3. The summed E-state index contributed by atoms with van der Waals surface area (Å²) in [5.41, 5.74) is -1.48. The van der Waals surface area contributed by atoms with E-state index in [1.807, 2.05) is 13.8 Å². The van der Waals surface area contributed by atoms with E-state index in [1.54, 1.807) is 6.92 Å². The number of hydrogen-bond acceptors (Lipinski definition) is 7. The summed E-state index contributed by atoms with van der Waals surface area (Å²) >= 11 is 1.03. The second kappa shape index (κ2) is 5.59. The fourth-order valence-corrected chi connectivity index (χ4v) is 3.35. The molecular weight excluding hydrogens is 348 g/mol. The summed E-state index contributed by atoms with van der Waals surface area (Å²) in [5.74, 6) is -1.69. The quantitative estimate of drug-likeness (QED) is 0.632. The molecule has 0 aromatic carbocycles. The Balaban J connectivity index is 2.23. The lowest BCUT2D eigenvalue weighted by Gasteiger charge is -2.21. The molecular formula is C15H14N4O5S. The number of fused-ring (bicyclic) bond motifs is 1. The van der Waals surface area contributed by atoms with Crippen LogP contribution in [0.25, 0.3) is 10.2 Å². The van der Waals surface area contributed by atoms with Crippen molar-refractivity contribution in [1.29, 1.82) is 0 Å². The first-order chi connectivity index (χ1) is 11.6. The van der Waals surface area contributed by atoms with Crippen LogP contribution in [-0.2, 0) is 4.79 Å². The monoisotopic (exact) mass is 362 g/mol. The van der Waals surface area contributed by atoms with Gasteiger partial charge in [-0.1, -0.05) is 13.8 Å². The highest BCUT2D eigenvalue weighted by atomic mass is 32.1. The molecule has 1 atom stereocenters. The molecule has 0 aliphatic carbocycles. The summed E-state index contributed by atoms with van der Waals surface area (Å²) in [6.07, 6.45) is 0. The number of amides is 1. The number of nitro groups is 1. The number of thiophene rings is 1. The fraction of sp³-hybridized carbons (Fsp3) is 0.333. The van der Waals surface area contributed by atoms with Crippen LogP contribution >= 0.6 is 11.3 Å². The summed E-state index contributed by atoms with van der Waals surface area (Å²) in [6.45, 7) is 5.34. The van der Waals surface area contributed by atoms with Crippen LogP contribution in [0.15, 0.2) is 16.4 Å². The number of carbonyl (C=O) groups is 2. The summed E-state index contributed by atoms with van der Waals surface area (Å²) in [7, 11) is 0. The number of pyridine rings is 1. The van der Waals surface area contributed by atoms with Gasteiger partial charge >= 0.3 is 5.97 Å². The SMILES string of the molecule is CC(C)C1(C)N=C(c2nc3scc([N+](=O)[O-])c3cc2C(=O)O)NC1=O. The largest absolute Gasteiger partial charge is 0.478 e. The Kier molecular flexibility index (Phi) is 3.79. The van der Waals surface area contributed by atoms with E-state index in [4.69, 9.17) is 0 Å². The van der Waals surface area contributed by atoms with Crippen LogP contribution in [0, 0.1) is 16.0 Å². The minimum absolute atomic E-state index is 0.00512. The molecule has 1 aliphatic heterocycles. The number of carboxylic acid groups (broad SMARTS) is 1. The molecule has 2 N–H and O–H groups in total. The molecule has 2 aromatic rings. The van der Waals surface area contributed by atoms with Crippen LogP contribution in [0.3, 0.4) is 0 Å². The van der Waals surface area contributed by atoms with Crippen LogP contribution in [0.5, 0.6) is 0 Å². The normalized spacial score (nSPS) is 20.0. The average molecular weight is 362 g/mol. The van der Waals surface area contributed by atoms with Gasteiger partial charge in [0.1, 0.15) is 16.1 Å². The molecule has 25 heavy (non-hydrogen) atoms. The molecule has 0 radical (unpaired) electrons. The Labute approximate surface area is 145 Å². The number of carbonyl (C=O) groups excluding carboxylic acids is 1. The van der Waals surface area contributed by atoms with Crippen molar-refractivity contribution in [3.8, 4) is 0 Å². The second-order valence-corrected chi connectivity index (χ2v) is 7.00. The molecule has 2 aromatic heterocycles. The zero-order valence-electron chi connectivity index (χ0n) is 13.6. The van der Waals surface area contributed by atoms with Crippen LogP contribution in [0.4, 0.5) is 5.69 Å². The Morgan fingerprint density at radius 2 is 2.16 bits per heavy atom. The lowest BCUT2D eigenvalue weighted by atomic mass is 9.89. The summed E-state index contributed by atoms with van der Waals surface area (Å²) < 4.78 is 0. The molecule has 0 fully saturated rings. The minimum atomic E-state index is -1.31. The van der Waals surface area contributed by atoms with Crippen molar-refractivity contribution in [2.75, 3.05) is 0 Å². The molecule has 9 nitrogen and oxygen atoms in total. The van der Waals surface area contributed by atoms with Crippen LogP contribution in [0.1, 0.15) is 36.8 Å². The molecule has 3 heterocycles. The maximum Gasteiger partial charge on any atom is 0.338 e. The lowest BCUT2D eigenvalue weighted by Crippen LogP contribution is -2.41. The number of aromatic carboxylic acids is 1. The van der Waals surface area contributed by atoms with Crippen LogP contribution in [-0.4, -0.2) is 38.3 Å². The van der Waals surface area contributed by atoms with Gasteiger partial charge < -0.3 is 10.4 Å². The van der Waals surface area contributed by atoms with Crippen molar-refractivity contribution in [3.63, 3.8) is 0 Å². The van der Waals surface area contributed by atoms with E-state index >= 15 is 0 Å². The second-order valence-electron chi connectivity index (χ2n) is 6.14. The van der Waals surface area contributed by atoms with Crippen LogP contribution in [0.2, 0.25) is 0 Å². The molecule has 3 rings (SSSR count). The molecule has 0 bridgehead atoms. The van der Waals surface area contributed by atoms with E-state index in [0.29, 0.717) is 4.83 Å². The van der Waals surface area contributed by atoms with Crippen molar-refractivity contribution in [3.05, 3.63) is 32.8 Å². The minimum Gasteiger partial charge on any atom is -0.478 e. The first-order valence-corrected chi connectivity index (χ1v) is 8.24. The van der Waals surface area contributed by atoms with Gasteiger partial charge in [0.15, 0.2) is 5.84 Å². The van der Waals surface area contributed by atoms with E-state index in [2.05, 4.69) is 15.3 Å². The van der Waals surface area contributed by atoms with Crippen molar-refractivity contribution in [1.82, 2.24) is 10.3 Å². The van der Waals surface area contributed by atoms with Gasteiger partial charge in [0.05, 0.1) is 21.3 Å². The number of nitrogens with one attached hydrogen (secondary N) is 1. The Hall–Kier alpha value is -2.88. The summed E-state index contributed by atoms with van der Waals surface area (Å²) in [5, 5.41) is 24.6.